The quantitative estimate of drug-likeness (QED) is 0.879. The summed E-state index contributed by atoms with van der Waals surface area (Å²) in [6, 6.07) is 6.99. The van der Waals surface area contributed by atoms with E-state index < -0.39 is 23.1 Å². The number of aromatic nitrogens is 1. The molecule has 4 rings (SSSR count). The third kappa shape index (κ3) is 3.67. The van der Waals surface area contributed by atoms with Crippen molar-refractivity contribution in [1.82, 2.24) is 15.2 Å². The van der Waals surface area contributed by atoms with Crippen molar-refractivity contribution in [2.45, 2.75) is 31.3 Å². The van der Waals surface area contributed by atoms with Crippen LogP contribution in [0.2, 0.25) is 0 Å². The average molecular weight is 371 g/mol. The molecule has 7 heteroatoms. The number of halogens is 2. The second-order valence-corrected chi connectivity index (χ2v) is 7.26. The van der Waals surface area contributed by atoms with Gasteiger partial charge in [-0.2, -0.15) is 0 Å². The molecule has 1 aromatic heterocycles. The summed E-state index contributed by atoms with van der Waals surface area (Å²) >= 11 is 0. The number of likely N-dealkylation sites (tertiary alicyclic amines) is 1. The highest BCUT2D eigenvalue weighted by Gasteiger charge is 2.48. The Kier molecular flexibility index (Phi) is 4.37. The van der Waals surface area contributed by atoms with Gasteiger partial charge in [0, 0.05) is 38.0 Å². The molecule has 1 N–H and O–H groups in total. The topological polar surface area (TPSA) is 62.3 Å². The van der Waals surface area contributed by atoms with Crippen molar-refractivity contribution in [3.63, 3.8) is 0 Å². The molecule has 0 bridgehead atoms. The van der Waals surface area contributed by atoms with Crippen molar-refractivity contribution in [1.29, 1.82) is 0 Å². The van der Waals surface area contributed by atoms with Crippen LogP contribution in [-0.4, -0.2) is 28.2 Å². The number of carbonyl (C=O) groups is 2. The maximum absolute atomic E-state index is 13.5. The lowest BCUT2D eigenvalue weighted by molar-refractivity contribution is -0.129. The minimum atomic E-state index is -0.721. The third-order valence-corrected chi connectivity index (χ3v) is 5.24. The predicted molar refractivity (Wildman–Crippen MR) is 93.2 cm³/mol. The zero-order chi connectivity index (χ0) is 19.0. The molecule has 5 nitrogen and oxygen atoms in total. The molecule has 2 aromatic rings. The highest BCUT2D eigenvalue weighted by Crippen LogP contribution is 2.46. The van der Waals surface area contributed by atoms with Gasteiger partial charge < -0.3 is 10.2 Å². The van der Waals surface area contributed by atoms with Crippen molar-refractivity contribution >= 4 is 11.8 Å². The molecule has 1 atom stereocenters. The molecule has 1 aliphatic heterocycles. The van der Waals surface area contributed by atoms with E-state index in [-0.39, 0.29) is 18.2 Å². The lowest BCUT2D eigenvalue weighted by atomic mass is 10.0. The van der Waals surface area contributed by atoms with Crippen LogP contribution in [0.3, 0.4) is 0 Å². The van der Waals surface area contributed by atoms with Crippen LogP contribution in [0.25, 0.3) is 0 Å². The molecule has 0 radical (unpaired) electrons. The number of amides is 2. The fourth-order valence-electron chi connectivity index (χ4n) is 3.59. The van der Waals surface area contributed by atoms with Crippen molar-refractivity contribution in [2.75, 3.05) is 6.54 Å². The van der Waals surface area contributed by atoms with Gasteiger partial charge in [-0.25, -0.2) is 8.78 Å². The van der Waals surface area contributed by atoms with Crippen molar-refractivity contribution in [2.24, 2.45) is 5.92 Å². The van der Waals surface area contributed by atoms with Gasteiger partial charge >= 0.3 is 0 Å². The number of nitrogens with one attached hydrogen (secondary N) is 1. The Hall–Kier alpha value is -2.83. The van der Waals surface area contributed by atoms with Gasteiger partial charge in [0.05, 0.1) is 11.5 Å². The molecular formula is C20H19F2N3O2. The first-order valence-corrected chi connectivity index (χ1v) is 8.90. The lowest BCUT2D eigenvalue weighted by Gasteiger charge is -2.21. The molecule has 2 aliphatic rings. The first-order valence-electron chi connectivity index (χ1n) is 8.90. The van der Waals surface area contributed by atoms with E-state index in [1.165, 1.54) is 12.1 Å². The summed E-state index contributed by atoms with van der Waals surface area (Å²) in [4.78, 5) is 30.6. The molecule has 1 saturated carbocycles. The van der Waals surface area contributed by atoms with Gasteiger partial charge in [0.2, 0.25) is 11.8 Å². The number of carbonyl (C=O) groups excluding carboxylic acids is 2. The van der Waals surface area contributed by atoms with Crippen LogP contribution in [0.4, 0.5) is 8.78 Å². The second kappa shape index (κ2) is 6.72. The van der Waals surface area contributed by atoms with Gasteiger partial charge in [-0.3, -0.25) is 14.6 Å². The average Bonchev–Trinajstić information content (AvgIpc) is 3.32. The highest BCUT2D eigenvalue weighted by molar-refractivity contribution is 5.89. The van der Waals surface area contributed by atoms with Gasteiger partial charge in [-0.05, 0) is 48.2 Å². The van der Waals surface area contributed by atoms with Gasteiger partial charge in [0.25, 0.3) is 0 Å². The van der Waals surface area contributed by atoms with Crippen LogP contribution in [0.5, 0.6) is 0 Å². The second-order valence-electron chi connectivity index (χ2n) is 7.26. The number of pyridine rings is 1. The van der Waals surface area contributed by atoms with Crippen molar-refractivity contribution in [3.8, 4) is 0 Å². The van der Waals surface area contributed by atoms with Crippen LogP contribution in [-0.2, 0) is 21.7 Å². The van der Waals surface area contributed by atoms with Crippen LogP contribution in [0, 0.1) is 17.6 Å². The molecule has 2 fully saturated rings. The molecule has 2 amide bonds. The molecule has 0 spiro atoms. The molecule has 1 aromatic carbocycles. The maximum Gasteiger partial charge on any atom is 0.226 e. The third-order valence-electron chi connectivity index (χ3n) is 5.24. The van der Waals surface area contributed by atoms with E-state index in [4.69, 9.17) is 0 Å². The number of hydrogen-bond donors (Lipinski definition) is 1. The van der Waals surface area contributed by atoms with Crippen LogP contribution < -0.4 is 5.32 Å². The van der Waals surface area contributed by atoms with Crippen LogP contribution in [0.1, 0.15) is 30.4 Å². The Morgan fingerprint density at radius 1 is 1.19 bits per heavy atom. The summed E-state index contributed by atoms with van der Waals surface area (Å²) in [5, 5.41) is 2.92. The summed E-state index contributed by atoms with van der Waals surface area (Å²) in [6.07, 6.45) is 4.72. The fraction of sp³-hybridized carbons (Fsp3) is 0.350. The minimum Gasteiger partial charge on any atom is -0.346 e. The number of hydrogen-bond acceptors (Lipinski definition) is 3. The first kappa shape index (κ1) is 17.6. The van der Waals surface area contributed by atoms with Crippen LogP contribution in [0.15, 0.2) is 42.7 Å². The van der Waals surface area contributed by atoms with E-state index in [2.05, 4.69) is 10.3 Å². The number of nitrogens with zero attached hydrogens (tertiary/aromatic N) is 2. The van der Waals surface area contributed by atoms with Crippen LogP contribution >= 0.6 is 0 Å². The summed E-state index contributed by atoms with van der Waals surface area (Å²) in [7, 11) is 0. The van der Waals surface area contributed by atoms with Gasteiger partial charge in [-0.15, -0.1) is 0 Å². The van der Waals surface area contributed by atoms with E-state index in [1.807, 2.05) is 12.1 Å². The molecule has 2 heterocycles. The zero-order valence-electron chi connectivity index (χ0n) is 14.6. The van der Waals surface area contributed by atoms with Gasteiger partial charge in [0.1, 0.15) is 11.6 Å². The molecular weight excluding hydrogens is 352 g/mol. The largest absolute Gasteiger partial charge is 0.346 e. The Labute approximate surface area is 155 Å². The summed E-state index contributed by atoms with van der Waals surface area (Å²) in [6.45, 7) is 0.770. The Morgan fingerprint density at radius 2 is 1.85 bits per heavy atom. The normalized spacial score (nSPS) is 20.6. The molecule has 1 unspecified atom stereocenters. The smallest absolute Gasteiger partial charge is 0.226 e. The SMILES string of the molecule is O=C(NC1(c2cc(F)cc(F)c2)CC1)C1CC(=O)N(Cc2ccncc2)C1. The Balaban J connectivity index is 1.42. The molecule has 27 heavy (non-hydrogen) atoms. The number of benzene rings is 1. The van der Waals surface area contributed by atoms with E-state index in [1.54, 1.807) is 17.3 Å². The summed E-state index contributed by atoms with van der Waals surface area (Å²) in [5.41, 5.74) is 0.668. The molecule has 1 aliphatic carbocycles. The van der Waals surface area contributed by atoms with Gasteiger partial charge in [-0.1, -0.05) is 0 Å². The fourth-order valence-corrected chi connectivity index (χ4v) is 3.59. The monoisotopic (exact) mass is 371 g/mol. The van der Waals surface area contributed by atoms with Crippen molar-refractivity contribution in [3.05, 3.63) is 65.5 Å². The van der Waals surface area contributed by atoms with E-state index >= 15 is 0 Å². The van der Waals surface area contributed by atoms with Crippen molar-refractivity contribution < 1.29 is 18.4 Å². The molecule has 140 valence electrons. The Bertz CT molecular complexity index is 864. The predicted octanol–water partition coefficient (Wildman–Crippen LogP) is 2.51. The first-order chi connectivity index (χ1) is 12.9. The maximum atomic E-state index is 13.5. The van der Waals surface area contributed by atoms with E-state index in [0.29, 0.717) is 31.5 Å². The summed E-state index contributed by atoms with van der Waals surface area (Å²) < 4.78 is 27.1. The standard InChI is InChI=1S/C20H19F2N3O2/c21-16-8-15(9-17(22)10-16)20(3-4-20)24-19(27)14-7-18(26)25(12-14)11-13-1-5-23-6-2-13/h1-2,5-6,8-10,14H,3-4,7,11-12H2,(H,24,27). The van der Waals surface area contributed by atoms with E-state index in [9.17, 15) is 18.4 Å². The summed E-state index contributed by atoms with van der Waals surface area (Å²) in [5.74, 6) is -2.11. The lowest BCUT2D eigenvalue weighted by Crippen LogP contribution is -2.40. The minimum absolute atomic E-state index is 0.0754. The zero-order valence-corrected chi connectivity index (χ0v) is 14.6. The van der Waals surface area contributed by atoms with Gasteiger partial charge in [0.15, 0.2) is 0 Å². The van der Waals surface area contributed by atoms with E-state index in [0.717, 1.165) is 11.6 Å². The molecule has 1 saturated heterocycles. The highest BCUT2D eigenvalue weighted by atomic mass is 19.1. The Morgan fingerprint density at radius 3 is 2.48 bits per heavy atom. The number of rotatable bonds is 5.